The van der Waals surface area contributed by atoms with Gasteiger partial charge in [0.2, 0.25) is 15.9 Å². The first-order chi connectivity index (χ1) is 10.3. The fraction of sp³-hybridized carbons (Fsp3) is 0.533. The molecule has 1 aliphatic rings. The second-order valence-corrected chi connectivity index (χ2v) is 7.81. The summed E-state index contributed by atoms with van der Waals surface area (Å²) in [4.78, 5) is 12.2. The fourth-order valence-electron chi connectivity index (χ4n) is 2.59. The predicted molar refractivity (Wildman–Crippen MR) is 88.2 cm³/mol. The van der Waals surface area contributed by atoms with E-state index in [1.54, 1.807) is 32.0 Å². The van der Waals surface area contributed by atoms with E-state index in [0.29, 0.717) is 11.4 Å². The van der Waals surface area contributed by atoms with Crippen LogP contribution in [0.25, 0.3) is 0 Å². The van der Waals surface area contributed by atoms with Crippen LogP contribution in [0.3, 0.4) is 0 Å². The van der Waals surface area contributed by atoms with Gasteiger partial charge in [0.1, 0.15) is 0 Å². The Morgan fingerprint density at radius 1 is 1.36 bits per heavy atom. The molecule has 1 saturated carbocycles. The Balaban J connectivity index is 2.05. The maximum absolute atomic E-state index is 12.2. The number of benzene rings is 1. The van der Waals surface area contributed by atoms with Crippen LogP contribution in [-0.4, -0.2) is 26.1 Å². The van der Waals surface area contributed by atoms with Crippen molar-refractivity contribution >= 4 is 27.3 Å². The van der Waals surface area contributed by atoms with Gasteiger partial charge in [0.25, 0.3) is 0 Å². The van der Waals surface area contributed by atoms with Crippen molar-refractivity contribution in [3.05, 3.63) is 23.8 Å². The van der Waals surface area contributed by atoms with Crippen molar-refractivity contribution in [2.75, 3.05) is 15.8 Å². The first kappa shape index (κ1) is 16.8. The molecule has 4 N–H and O–H groups in total. The Bertz CT molecular complexity index is 658. The van der Waals surface area contributed by atoms with Crippen LogP contribution in [0.5, 0.6) is 0 Å². The molecule has 22 heavy (non-hydrogen) atoms. The molecular formula is C15H23N3O3S. The second-order valence-electron chi connectivity index (χ2n) is 5.79. The Morgan fingerprint density at radius 3 is 2.64 bits per heavy atom. The zero-order chi connectivity index (χ0) is 16.3. The third kappa shape index (κ3) is 4.20. The quantitative estimate of drug-likeness (QED) is 0.768. The number of aryl methyl sites for hydroxylation is 1. The number of anilines is 2. The number of carbonyl (C=O) groups is 1. The number of nitrogens with one attached hydrogen (secondary N) is 2. The van der Waals surface area contributed by atoms with Crippen LogP contribution in [0.1, 0.15) is 31.7 Å². The monoisotopic (exact) mass is 325 g/mol. The van der Waals surface area contributed by atoms with Gasteiger partial charge in [0.15, 0.2) is 0 Å². The molecule has 2 atom stereocenters. The lowest BCUT2D eigenvalue weighted by atomic mass is 10.1. The molecule has 2 unspecified atom stereocenters. The molecule has 0 spiro atoms. The Kier molecular flexibility index (Phi) is 5.08. The second kappa shape index (κ2) is 6.66. The van der Waals surface area contributed by atoms with Crippen LogP contribution in [0.4, 0.5) is 11.4 Å². The third-order valence-corrected chi connectivity index (χ3v) is 5.27. The normalized spacial score (nSPS) is 21.6. The van der Waals surface area contributed by atoms with Gasteiger partial charge in [-0.2, -0.15) is 0 Å². The smallest absolute Gasteiger partial charge is 0.232 e. The van der Waals surface area contributed by atoms with E-state index in [-0.39, 0.29) is 23.6 Å². The highest BCUT2D eigenvalue weighted by Gasteiger charge is 2.27. The molecule has 1 aromatic carbocycles. The average Bonchev–Trinajstić information content (AvgIpc) is 2.88. The lowest BCUT2D eigenvalue weighted by Crippen LogP contribution is -2.23. The van der Waals surface area contributed by atoms with Gasteiger partial charge in [0, 0.05) is 17.6 Å². The van der Waals surface area contributed by atoms with Crippen molar-refractivity contribution in [1.29, 1.82) is 0 Å². The van der Waals surface area contributed by atoms with Gasteiger partial charge < -0.3 is 11.1 Å². The summed E-state index contributed by atoms with van der Waals surface area (Å²) in [5.41, 5.74) is 7.79. The summed E-state index contributed by atoms with van der Waals surface area (Å²) in [6.07, 6.45) is 2.43. The van der Waals surface area contributed by atoms with Gasteiger partial charge in [0.05, 0.1) is 11.4 Å². The number of amides is 1. The summed E-state index contributed by atoms with van der Waals surface area (Å²) in [6, 6.07) is 5.25. The summed E-state index contributed by atoms with van der Waals surface area (Å²) in [5.74, 6) is -0.0323. The van der Waals surface area contributed by atoms with Gasteiger partial charge >= 0.3 is 0 Å². The van der Waals surface area contributed by atoms with E-state index < -0.39 is 10.0 Å². The summed E-state index contributed by atoms with van der Waals surface area (Å²) in [5, 5.41) is 2.88. The molecule has 0 radical (unpaired) electrons. The number of hydrogen-bond acceptors (Lipinski definition) is 4. The highest BCUT2D eigenvalue weighted by molar-refractivity contribution is 7.92. The SMILES string of the molecule is CCS(=O)(=O)Nc1ccc(NC(=O)C2CCC(N)C2)cc1C. The molecule has 1 aliphatic carbocycles. The van der Waals surface area contributed by atoms with Crippen LogP contribution in [0.2, 0.25) is 0 Å². The van der Waals surface area contributed by atoms with Crippen LogP contribution in [0, 0.1) is 12.8 Å². The average molecular weight is 325 g/mol. The number of nitrogens with two attached hydrogens (primary N) is 1. The van der Waals surface area contributed by atoms with E-state index in [9.17, 15) is 13.2 Å². The van der Waals surface area contributed by atoms with E-state index in [4.69, 9.17) is 5.73 Å². The molecular weight excluding hydrogens is 302 g/mol. The summed E-state index contributed by atoms with van der Waals surface area (Å²) >= 11 is 0. The molecule has 6 nitrogen and oxygen atoms in total. The van der Waals surface area contributed by atoms with Crippen LogP contribution in [0.15, 0.2) is 18.2 Å². The highest BCUT2D eigenvalue weighted by atomic mass is 32.2. The Labute approximate surface area is 131 Å². The molecule has 0 bridgehead atoms. The van der Waals surface area contributed by atoms with E-state index in [0.717, 1.165) is 24.8 Å². The van der Waals surface area contributed by atoms with Crippen molar-refractivity contribution < 1.29 is 13.2 Å². The van der Waals surface area contributed by atoms with Crippen molar-refractivity contribution in [2.45, 2.75) is 39.2 Å². The molecule has 0 heterocycles. The number of rotatable bonds is 5. The minimum atomic E-state index is -3.30. The zero-order valence-electron chi connectivity index (χ0n) is 12.9. The standard InChI is InChI=1S/C15H23N3O3S/c1-3-22(20,21)18-14-7-6-13(8-10(14)2)17-15(19)11-4-5-12(16)9-11/h6-8,11-12,18H,3-5,9,16H2,1-2H3,(H,17,19). The maximum Gasteiger partial charge on any atom is 0.232 e. The molecule has 0 aromatic heterocycles. The van der Waals surface area contributed by atoms with Gasteiger partial charge in [-0.3, -0.25) is 9.52 Å². The lowest BCUT2D eigenvalue weighted by molar-refractivity contribution is -0.119. The minimum absolute atomic E-state index is 0.0192. The topological polar surface area (TPSA) is 101 Å². The highest BCUT2D eigenvalue weighted by Crippen LogP contribution is 2.26. The number of carbonyl (C=O) groups excluding carboxylic acids is 1. The summed E-state index contributed by atoms with van der Waals surface area (Å²) in [7, 11) is -3.30. The van der Waals surface area contributed by atoms with Crippen LogP contribution >= 0.6 is 0 Å². The first-order valence-corrected chi connectivity index (χ1v) is 9.13. The van der Waals surface area contributed by atoms with E-state index in [2.05, 4.69) is 10.0 Å². The van der Waals surface area contributed by atoms with E-state index in [1.165, 1.54) is 0 Å². The molecule has 2 rings (SSSR count). The van der Waals surface area contributed by atoms with Crippen molar-refractivity contribution in [3.63, 3.8) is 0 Å². The summed E-state index contributed by atoms with van der Waals surface area (Å²) in [6.45, 7) is 3.38. The molecule has 1 fully saturated rings. The third-order valence-electron chi connectivity index (χ3n) is 3.98. The largest absolute Gasteiger partial charge is 0.328 e. The van der Waals surface area contributed by atoms with Gasteiger partial charge in [-0.05, 0) is 56.9 Å². The number of hydrogen-bond donors (Lipinski definition) is 3. The molecule has 1 aromatic rings. The van der Waals surface area contributed by atoms with E-state index >= 15 is 0 Å². The molecule has 122 valence electrons. The molecule has 7 heteroatoms. The maximum atomic E-state index is 12.2. The van der Waals surface area contributed by atoms with E-state index in [1.807, 2.05) is 0 Å². The van der Waals surface area contributed by atoms with Gasteiger partial charge in [-0.1, -0.05) is 0 Å². The fourth-order valence-corrected chi connectivity index (χ4v) is 3.30. The van der Waals surface area contributed by atoms with Gasteiger partial charge in [-0.25, -0.2) is 8.42 Å². The zero-order valence-corrected chi connectivity index (χ0v) is 13.7. The number of sulfonamides is 1. The summed E-state index contributed by atoms with van der Waals surface area (Å²) < 4.78 is 25.7. The minimum Gasteiger partial charge on any atom is -0.328 e. The Morgan fingerprint density at radius 2 is 2.09 bits per heavy atom. The molecule has 0 aliphatic heterocycles. The van der Waals surface area contributed by atoms with Crippen LogP contribution < -0.4 is 15.8 Å². The van der Waals surface area contributed by atoms with Crippen molar-refractivity contribution in [2.24, 2.45) is 11.7 Å². The van der Waals surface area contributed by atoms with Crippen molar-refractivity contribution in [1.82, 2.24) is 0 Å². The predicted octanol–water partition coefficient (Wildman–Crippen LogP) is 1.82. The van der Waals surface area contributed by atoms with Crippen LogP contribution in [-0.2, 0) is 14.8 Å². The van der Waals surface area contributed by atoms with Gasteiger partial charge in [-0.15, -0.1) is 0 Å². The first-order valence-electron chi connectivity index (χ1n) is 7.48. The van der Waals surface area contributed by atoms with Crippen molar-refractivity contribution in [3.8, 4) is 0 Å². The Hall–Kier alpha value is -1.60. The lowest BCUT2D eigenvalue weighted by Gasteiger charge is -2.14. The molecule has 1 amide bonds. The molecule has 0 saturated heterocycles.